The Morgan fingerprint density at radius 2 is 1.67 bits per heavy atom. The van der Waals surface area contributed by atoms with Crippen LogP contribution in [0, 0.1) is 11.8 Å². The predicted molar refractivity (Wildman–Crippen MR) is 168 cm³/mol. The van der Waals surface area contributed by atoms with Crippen molar-refractivity contribution in [1.82, 2.24) is 5.32 Å². The first-order valence-corrected chi connectivity index (χ1v) is 14.6. The molecule has 3 atom stereocenters. The van der Waals surface area contributed by atoms with Gasteiger partial charge in [-0.05, 0) is 79.4 Å². The largest absolute Gasteiger partial charge is 0.493 e. The van der Waals surface area contributed by atoms with Crippen molar-refractivity contribution in [1.29, 1.82) is 0 Å². The van der Waals surface area contributed by atoms with Gasteiger partial charge in [0.25, 0.3) is 5.91 Å². The highest BCUT2D eigenvalue weighted by atomic mass is 35.5. The molecule has 1 aliphatic carbocycles. The Labute approximate surface area is 255 Å². The fourth-order valence-corrected chi connectivity index (χ4v) is 5.92. The second-order valence-corrected chi connectivity index (χ2v) is 11.2. The summed E-state index contributed by atoms with van der Waals surface area (Å²) in [6.07, 6.45) is 5.61. The van der Waals surface area contributed by atoms with Crippen LogP contribution in [0.5, 0.6) is 11.5 Å². The zero-order chi connectivity index (χ0) is 29.8. The first kappa shape index (κ1) is 29.9. The van der Waals surface area contributed by atoms with Gasteiger partial charge in [0.05, 0.1) is 53.4 Å². The maximum Gasteiger partial charge on any atom is 0.251 e. The summed E-state index contributed by atoms with van der Waals surface area (Å²) in [7, 11) is 3.22. The van der Waals surface area contributed by atoms with Crippen LogP contribution in [0.15, 0.2) is 71.9 Å². The number of hydrazone groups is 1. The summed E-state index contributed by atoms with van der Waals surface area (Å²) in [6.45, 7) is 0.981. The molecule has 2 aliphatic rings. The van der Waals surface area contributed by atoms with E-state index in [0.717, 1.165) is 35.4 Å². The molecule has 1 amide bonds. The monoisotopic (exact) mass is 608 g/mol. The van der Waals surface area contributed by atoms with Gasteiger partial charge in [-0.25, -0.2) is 5.01 Å². The minimum Gasteiger partial charge on any atom is -0.493 e. The molecule has 0 radical (unpaired) electrons. The molecule has 5 rings (SSSR count). The van der Waals surface area contributed by atoms with E-state index in [0.29, 0.717) is 52.3 Å². The zero-order valence-corrected chi connectivity index (χ0v) is 25.0. The molecule has 220 valence electrons. The Morgan fingerprint density at radius 1 is 1.00 bits per heavy atom. The number of nitrogen functional groups attached to an aromatic ring is 1. The smallest absolute Gasteiger partial charge is 0.251 e. The maximum absolute atomic E-state index is 13.6. The van der Waals surface area contributed by atoms with E-state index in [2.05, 4.69) is 17.5 Å². The van der Waals surface area contributed by atoms with Crippen LogP contribution in [0.2, 0.25) is 10.0 Å². The lowest BCUT2D eigenvalue weighted by Gasteiger charge is -2.37. The number of carbonyl (C=O) groups is 1. The van der Waals surface area contributed by atoms with E-state index < -0.39 is 6.10 Å². The van der Waals surface area contributed by atoms with Crippen LogP contribution < -0.4 is 25.5 Å². The molecule has 1 heterocycles. The van der Waals surface area contributed by atoms with E-state index >= 15 is 0 Å². The predicted octanol–water partition coefficient (Wildman–Crippen LogP) is 5.79. The first-order chi connectivity index (χ1) is 20.3. The van der Waals surface area contributed by atoms with Gasteiger partial charge in [0.1, 0.15) is 0 Å². The molecule has 3 aromatic carbocycles. The van der Waals surface area contributed by atoms with Crippen molar-refractivity contribution < 1.29 is 19.4 Å². The van der Waals surface area contributed by atoms with E-state index in [1.54, 1.807) is 26.4 Å². The van der Waals surface area contributed by atoms with E-state index in [4.69, 9.17) is 43.5 Å². The number of ether oxygens (including phenoxy) is 2. The highest BCUT2D eigenvalue weighted by Gasteiger charge is 2.40. The number of halogens is 2. The van der Waals surface area contributed by atoms with Crippen molar-refractivity contribution in [3.8, 4) is 11.5 Å². The Balaban J connectivity index is 1.27. The number of aliphatic hydroxyl groups excluding tert-OH is 1. The summed E-state index contributed by atoms with van der Waals surface area (Å²) < 4.78 is 10.9. The molecule has 0 fully saturated rings. The SMILES string of the molecule is COc1ccc(C2=NN(c3ccc(CCNCC(O)c4cc(Cl)c(N)c(Cl)c4)cc3)C(=O)[C@H]3CC=CC[C@@H]23)cc1OC. The van der Waals surface area contributed by atoms with Crippen LogP contribution in [0.25, 0.3) is 0 Å². The molecule has 0 aromatic heterocycles. The number of anilines is 2. The summed E-state index contributed by atoms with van der Waals surface area (Å²) in [5.74, 6) is 1.08. The second-order valence-electron chi connectivity index (χ2n) is 10.4. The maximum atomic E-state index is 13.6. The fraction of sp³-hybridized carbons (Fsp3) is 0.312. The number of amides is 1. The number of aliphatic hydroxyl groups is 1. The van der Waals surface area contributed by atoms with Crippen LogP contribution in [-0.4, -0.2) is 44.0 Å². The zero-order valence-electron chi connectivity index (χ0n) is 23.5. The first-order valence-electron chi connectivity index (χ1n) is 13.8. The van der Waals surface area contributed by atoms with E-state index in [1.807, 2.05) is 42.5 Å². The van der Waals surface area contributed by atoms with Crippen molar-refractivity contribution in [3.05, 3.63) is 93.5 Å². The number of allylic oxidation sites excluding steroid dienone is 2. The minimum absolute atomic E-state index is 0.000133. The van der Waals surface area contributed by atoms with Crippen LogP contribution in [-0.2, 0) is 11.2 Å². The molecule has 4 N–H and O–H groups in total. The van der Waals surface area contributed by atoms with Crippen LogP contribution in [0.1, 0.15) is 35.6 Å². The molecule has 0 saturated heterocycles. The summed E-state index contributed by atoms with van der Waals surface area (Å²) in [5.41, 5.74) is 10.3. The van der Waals surface area contributed by atoms with E-state index in [-0.39, 0.29) is 17.7 Å². The van der Waals surface area contributed by atoms with E-state index in [1.165, 1.54) is 5.01 Å². The third-order valence-electron chi connectivity index (χ3n) is 7.79. The summed E-state index contributed by atoms with van der Waals surface area (Å²) >= 11 is 12.2. The number of hydrogen-bond donors (Lipinski definition) is 3. The van der Waals surface area contributed by atoms with Gasteiger partial charge in [-0.15, -0.1) is 0 Å². The molecule has 0 saturated carbocycles. The lowest BCUT2D eigenvalue weighted by atomic mass is 9.76. The molecular weight excluding hydrogens is 575 g/mol. The number of methoxy groups -OCH3 is 2. The quantitative estimate of drug-likeness (QED) is 0.153. The number of rotatable bonds is 10. The Kier molecular flexibility index (Phi) is 9.38. The Bertz CT molecular complexity index is 1490. The molecule has 8 nitrogen and oxygen atoms in total. The molecule has 42 heavy (non-hydrogen) atoms. The summed E-state index contributed by atoms with van der Waals surface area (Å²) in [4.78, 5) is 13.6. The molecule has 1 aliphatic heterocycles. The van der Waals surface area contributed by atoms with Gasteiger partial charge in [0.15, 0.2) is 11.5 Å². The van der Waals surface area contributed by atoms with Gasteiger partial charge in [-0.1, -0.05) is 47.5 Å². The number of hydrogen-bond acceptors (Lipinski definition) is 7. The molecule has 10 heteroatoms. The second kappa shape index (κ2) is 13.2. The van der Waals surface area contributed by atoms with Gasteiger partial charge >= 0.3 is 0 Å². The van der Waals surface area contributed by atoms with Crippen LogP contribution in [0.3, 0.4) is 0 Å². The molecule has 3 aromatic rings. The number of nitrogens with one attached hydrogen (secondary N) is 1. The van der Waals surface area contributed by atoms with Crippen molar-refractivity contribution in [3.63, 3.8) is 0 Å². The average molecular weight is 610 g/mol. The Morgan fingerprint density at radius 3 is 2.33 bits per heavy atom. The standard InChI is InChI=1S/C32H34Cl2N4O4/c1-41-28-12-9-20(17-29(28)42-2)31-23-5-3-4-6-24(23)32(40)38(37-31)22-10-7-19(8-11-22)13-14-36-18-27(39)21-15-25(33)30(35)26(34)16-21/h3-4,7-12,15-17,23-24,27,36,39H,5-6,13-14,18,35H2,1-2H3/t23-,24+,27?/m1/s1. The molecular formula is C32H34Cl2N4O4. The molecule has 0 bridgehead atoms. The van der Waals surface area contributed by atoms with Crippen molar-refractivity contribution in [2.45, 2.75) is 25.4 Å². The molecule has 1 unspecified atom stereocenters. The summed E-state index contributed by atoms with van der Waals surface area (Å²) in [5, 5.41) is 20.8. The number of benzene rings is 3. The lowest BCUT2D eigenvalue weighted by Crippen LogP contribution is -2.45. The topological polar surface area (TPSA) is 109 Å². The van der Waals surface area contributed by atoms with E-state index in [9.17, 15) is 9.90 Å². The fourth-order valence-electron chi connectivity index (χ4n) is 5.42. The number of carbonyl (C=O) groups excluding carboxylic acids is 1. The van der Waals surface area contributed by atoms with Crippen molar-refractivity contribution >= 4 is 46.2 Å². The summed E-state index contributed by atoms with van der Waals surface area (Å²) in [6, 6.07) is 16.9. The normalized spacial score (nSPS) is 18.8. The highest BCUT2D eigenvalue weighted by Crippen LogP contribution is 2.38. The lowest BCUT2D eigenvalue weighted by molar-refractivity contribution is -0.123. The van der Waals surface area contributed by atoms with Crippen LogP contribution >= 0.6 is 23.2 Å². The van der Waals surface area contributed by atoms with Gasteiger partial charge in [-0.3, -0.25) is 4.79 Å². The Hall–Kier alpha value is -3.56. The van der Waals surface area contributed by atoms with Crippen molar-refractivity contribution in [2.75, 3.05) is 38.1 Å². The van der Waals surface area contributed by atoms with Gasteiger partial charge in [0, 0.05) is 18.0 Å². The third-order valence-corrected chi connectivity index (χ3v) is 8.42. The minimum atomic E-state index is -0.774. The van der Waals surface area contributed by atoms with Gasteiger partial charge < -0.3 is 25.6 Å². The van der Waals surface area contributed by atoms with Gasteiger partial charge in [-0.2, -0.15) is 5.10 Å². The van der Waals surface area contributed by atoms with Gasteiger partial charge in [0.2, 0.25) is 0 Å². The highest BCUT2D eigenvalue weighted by molar-refractivity contribution is 6.38. The molecule has 0 spiro atoms. The number of nitrogens with two attached hydrogens (primary N) is 1. The number of nitrogens with zero attached hydrogens (tertiary/aromatic N) is 2. The third kappa shape index (κ3) is 6.27. The average Bonchev–Trinajstić information content (AvgIpc) is 3.02. The number of fused-ring (bicyclic) bond motifs is 1. The van der Waals surface area contributed by atoms with Crippen molar-refractivity contribution in [2.24, 2.45) is 16.9 Å². The van der Waals surface area contributed by atoms with Crippen LogP contribution in [0.4, 0.5) is 11.4 Å².